The number of aliphatic imine (C=N–C) groups is 1. The van der Waals surface area contributed by atoms with Gasteiger partial charge in [-0.15, -0.1) is 0 Å². The molecule has 2 rings (SSSR count). The standard InChI is InChI=1S/C15H19NO2/c17-15(16-11-13-7-3-1-4-8-13)18-12-14-9-5-2-6-10-14/h2,5-6,9-11,13H,1,3-4,7-8,12H2/b16-11-. The number of rotatable bonds is 3. The molecular weight excluding hydrogens is 226 g/mol. The lowest BCUT2D eigenvalue weighted by Gasteiger charge is -2.16. The van der Waals surface area contributed by atoms with Gasteiger partial charge in [0.05, 0.1) is 0 Å². The van der Waals surface area contributed by atoms with Crippen LogP contribution in [-0.2, 0) is 11.3 Å². The maximum atomic E-state index is 11.4. The molecule has 0 saturated heterocycles. The number of hydrogen-bond acceptors (Lipinski definition) is 2. The third-order valence-corrected chi connectivity index (χ3v) is 3.25. The van der Waals surface area contributed by atoms with Crippen molar-refractivity contribution < 1.29 is 9.53 Å². The molecule has 0 aliphatic heterocycles. The van der Waals surface area contributed by atoms with Crippen LogP contribution in [0.25, 0.3) is 0 Å². The van der Waals surface area contributed by atoms with E-state index in [1.165, 1.54) is 19.3 Å². The number of benzene rings is 1. The maximum absolute atomic E-state index is 11.4. The van der Waals surface area contributed by atoms with Crippen LogP contribution in [0.1, 0.15) is 37.7 Å². The fourth-order valence-corrected chi connectivity index (χ4v) is 2.21. The summed E-state index contributed by atoms with van der Waals surface area (Å²) in [6, 6.07) is 9.64. The lowest BCUT2D eigenvalue weighted by molar-refractivity contribution is 0.151. The molecule has 1 aliphatic carbocycles. The molecule has 0 unspecified atom stereocenters. The fraction of sp³-hybridized carbons (Fsp3) is 0.467. The Morgan fingerprint density at radius 1 is 1.22 bits per heavy atom. The SMILES string of the molecule is O=C(/N=C\C1CCCCC1)OCc1ccccc1. The Hall–Kier alpha value is -1.64. The van der Waals surface area contributed by atoms with Gasteiger partial charge in [-0.3, -0.25) is 0 Å². The van der Waals surface area contributed by atoms with Gasteiger partial charge in [-0.25, -0.2) is 4.79 Å². The van der Waals surface area contributed by atoms with Gasteiger partial charge >= 0.3 is 6.09 Å². The molecule has 0 aromatic heterocycles. The molecule has 0 heterocycles. The highest BCUT2D eigenvalue weighted by Crippen LogP contribution is 2.21. The Balaban J connectivity index is 1.73. The van der Waals surface area contributed by atoms with E-state index < -0.39 is 6.09 Å². The summed E-state index contributed by atoms with van der Waals surface area (Å²) >= 11 is 0. The summed E-state index contributed by atoms with van der Waals surface area (Å²) in [5.74, 6) is 0.461. The zero-order valence-corrected chi connectivity index (χ0v) is 10.5. The van der Waals surface area contributed by atoms with E-state index >= 15 is 0 Å². The van der Waals surface area contributed by atoms with Gasteiger partial charge in [0.1, 0.15) is 6.61 Å². The first-order chi connectivity index (χ1) is 8.84. The Kier molecular flexibility index (Phi) is 4.94. The van der Waals surface area contributed by atoms with Gasteiger partial charge in [-0.1, -0.05) is 49.6 Å². The molecular formula is C15H19NO2. The third-order valence-electron chi connectivity index (χ3n) is 3.25. The zero-order valence-electron chi connectivity index (χ0n) is 10.5. The quantitative estimate of drug-likeness (QED) is 0.756. The molecule has 1 saturated carbocycles. The predicted molar refractivity (Wildman–Crippen MR) is 71.7 cm³/mol. The largest absolute Gasteiger partial charge is 0.443 e. The summed E-state index contributed by atoms with van der Waals surface area (Å²) in [6.07, 6.45) is 7.38. The molecule has 1 fully saturated rings. The average molecular weight is 245 g/mol. The number of nitrogens with zero attached hydrogens (tertiary/aromatic N) is 1. The minimum atomic E-state index is -0.482. The summed E-state index contributed by atoms with van der Waals surface area (Å²) in [5, 5.41) is 0. The van der Waals surface area contributed by atoms with Crippen molar-refractivity contribution in [2.24, 2.45) is 10.9 Å². The predicted octanol–water partition coefficient (Wildman–Crippen LogP) is 3.97. The van der Waals surface area contributed by atoms with E-state index in [1.54, 1.807) is 6.21 Å². The number of hydrogen-bond donors (Lipinski definition) is 0. The van der Waals surface area contributed by atoms with Gasteiger partial charge in [0.15, 0.2) is 0 Å². The third kappa shape index (κ3) is 4.32. The molecule has 3 nitrogen and oxygen atoms in total. The lowest BCUT2D eigenvalue weighted by atomic mass is 9.90. The second-order valence-corrected chi connectivity index (χ2v) is 4.72. The molecule has 0 spiro atoms. The van der Waals surface area contributed by atoms with Crippen molar-refractivity contribution in [3.05, 3.63) is 35.9 Å². The van der Waals surface area contributed by atoms with Gasteiger partial charge in [0.2, 0.25) is 0 Å². The van der Waals surface area contributed by atoms with Gasteiger partial charge < -0.3 is 4.74 Å². The van der Waals surface area contributed by atoms with Crippen LogP contribution in [0.4, 0.5) is 4.79 Å². The van der Waals surface area contributed by atoms with Gasteiger partial charge in [0.25, 0.3) is 0 Å². The van der Waals surface area contributed by atoms with Crippen molar-refractivity contribution in [1.29, 1.82) is 0 Å². The molecule has 0 bridgehead atoms. The smallest absolute Gasteiger partial charge is 0.433 e. The van der Waals surface area contributed by atoms with E-state index in [4.69, 9.17) is 4.74 Å². The molecule has 3 heteroatoms. The van der Waals surface area contributed by atoms with Crippen molar-refractivity contribution in [2.45, 2.75) is 38.7 Å². The van der Waals surface area contributed by atoms with E-state index in [1.807, 2.05) is 30.3 Å². The topological polar surface area (TPSA) is 38.7 Å². The highest BCUT2D eigenvalue weighted by molar-refractivity contribution is 5.80. The minimum Gasteiger partial charge on any atom is -0.443 e. The van der Waals surface area contributed by atoms with Crippen LogP contribution in [-0.4, -0.2) is 12.3 Å². The second kappa shape index (κ2) is 6.94. The fourth-order valence-electron chi connectivity index (χ4n) is 2.21. The highest BCUT2D eigenvalue weighted by atomic mass is 16.5. The van der Waals surface area contributed by atoms with Crippen molar-refractivity contribution in [3.8, 4) is 0 Å². The summed E-state index contributed by atoms with van der Waals surface area (Å²) in [6.45, 7) is 0.293. The monoisotopic (exact) mass is 245 g/mol. The Morgan fingerprint density at radius 2 is 1.94 bits per heavy atom. The minimum absolute atomic E-state index is 0.293. The average Bonchev–Trinajstić information content (AvgIpc) is 2.45. The van der Waals surface area contributed by atoms with Gasteiger partial charge in [-0.05, 0) is 24.3 Å². The van der Waals surface area contributed by atoms with Crippen LogP contribution in [0, 0.1) is 5.92 Å². The first kappa shape index (κ1) is 12.8. The van der Waals surface area contributed by atoms with Crippen LogP contribution in [0.15, 0.2) is 35.3 Å². The van der Waals surface area contributed by atoms with E-state index in [9.17, 15) is 4.79 Å². The lowest BCUT2D eigenvalue weighted by Crippen LogP contribution is -2.09. The molecule has 1 aromatic carbocycles. The van der Waals surface area contributed by atoms with Crippen LogP contribution < -0.4 is 0 Å². The molecule has 0 atom stereocenters. The molecule has 1 aliphatic rings. The summed E-state index contributed by atoms with van der Waals surface area (Å²) in [7, 11) is 0. The first-order valence-corrected chi connectivity index (χ1v) is 6.59. The van der Waals surface area contributed by atoms with Crippen molar-refractivity contribution in [1.82, 2.24) is 0 Å². The Bertz CT molecular complexity index is 394. The zero-order chi connectivity index (χ0) is 12.6. The molecule has 0 N–H and O–H groups in total. The summed E-state index contributed by atoms with van der Waals surface area (Å²) in [5.41, 5.74) is 0.985. The summed E-state index contributed by atoms with van der Waals surface area (Å²) < 4.78 is 5.08. The summed E-state index contributed by atoms with van der Waals surface area (Å²) in [4.78, 5) is 15.3. The van der Waals surface area contributed by atoms with E-state index in [0.717, 1.165) is 18.4 Å². The van der Waals surface area contributed by atoms with Crippen LogP contribution in [0.5, 0.6) is 0 Å². The Morgan fingerprint density at radius 3 is 2.67 bits per heavy atom. The first-order valence-electron chi connectivity index (χ1n) is 6.59. The number of carbonyl (C=O) groups excluding carboxylic acids is 1. The van der Waals surface area contributed by atoms with Gasteiger partial charge in [-0.2, -0.15) is 4.99 Å². The number of ether oxygens (including phenoxy) is 1. The van der Waals surface area contributed by atoms with E-state index in [-0.39, 0.29) is 0 Å². The van der Waals surface area contributed by atoms with E-state index in [2.05, 4.69) is 4.99 Å². The normalized spacial score (nSPS) is 16.9. The molecule has 18 heavy (non-hydrogen) atoms. The number of carbonyl (C=O) groups is 1. The van der Waals surface area contributed by atoms with Crippen LogP contribution >= 0.6 is 0 Å². The van der Waals surface area contributed by atoms with Crippen molar-refractivity contribution in [3.63, 3.8) is 0 Å². The Labute approximate surface area is 108 Å². The maximum Gasteiger partial charge on any atom is 0.433 e. The van der Waals surface area contributed by atoms with Crippen LogP contribution in [0.2, 0.25) is 0 Å². The highest BCUT2D eigenvalue weighted by Gasteiger charge is 2.11. The molecule has 1 amide bonds. The van der Waals surface area contributed by atoms with Crippen molar-refractivity contribution in [2.75, 3.05) is 0 Å². The molecule has 1 aromatic rings. The van der Waals surface area contributed by atoms with Crippen LogP contribution in [0.3, 0.4) is 0 Å². The van der Waals surface area contributed by atoms with Crippen molar-refractivity contribution >= 4 is 12.3 Å². The van der Waals surface area contributed by atoms with Gasteiger partial charge in [0, 0.05) is 6.21 Å². The molecule has 0 radical (unpaired) electrons. The molecule has 96 valence electrons. The number of amides is 1. The van der Waals surface area contributed by atoms with E-state index in [0.29, 0.717) is 12.5 Å². The second-order valence-electron chi connectivity index (χ2n) is 4.72.